The molecule has 150 valence electrons. The third-order valence-corrected chi connectivity index (χ3v) is 5.00. The smallest absolute Gasteiger partial charge is 0.328 e. The van der Waals surface area contributed by atoms with Crippen LogP contribution in [0.15, 0.2) is 24.3 Å². The minimum Gasteiger partial charge on any atom is -0.497 e. The molecule has 2 atom stereocenters. The van der Waals surface area contributed by atoms with E-state index >= 15 is 0 Å². The molecule has 1 aliphatic heterocycles. The predicted octanol–water partition coefficient (Wildman–Crippen LogP) is 2.93. The molecule has 2 unspecified atom stereocenters. The van der Waals surface area contributed by atoms with Crippen molar-refractivity contribution in [3.63, 3.8) is 0 Å². The number of rotatable bonds is 8. The number of methoxy groups -OCH3 is 1. The quantitative estimate of drug-likeness (QED) is 0.707. The van der Waals surface area contributed by atoms with Crippen LogP contribution in [0.4, 0.5) is 0 Å². The number of carbonyl (C=O) groups excluding carboxylic acids is 2. The van der Waals surface area contributed by atoms with E-state index in [0.29, 0.717) is 25.5 Å². The van der Waals surface area contributed by atoms with Crippen molar-refractivity contribution in [3.05, 3.63) is 29.8 Å². The van der Waals surface area contributed by atoms with Crippen LogP contribution in [0.3, 0.4) is 0 Å². The van der Waals surface area contributed by atoms with Crippen LogP contribution in [0.2, 0.25) is 0 Å². The maximum absolute atomic E-state index is 12.8. The second kappa shape index (κ2) is 10.3. The van der Waals surface area contributed by atoms with Gasteiger partial charge in [-0.1, -0.05) is 26.0 Å². The topological polar surface area (TPSA) is 67.9 Å². The number of piperidine rings is 1. The fourth-order valence-electron chi connectivity index (χ4n) is 3.56. The molecule has 1 fully saturated rings. The van der Waals surface area contributed by atoms with Gasteiger partial charge < -0.3 is 19.7 Å². The molecule has 6 heteroatoms. The summed E-state index contributed by atoms with van der Waals surface area (Å²) in [5, 5.41) is 3.38. The Morgan fingerprint density at radius 1 is 1.22 bits per heavy atom. The lowest BCUT2D eigenvalue weighted by atomic mass is 9.96. The van der Waals surface area contributed by atoms with Crippen molar-refractivity contribution < 1.29 is 19.1 Å². The Kier molecular flexibility index (Phi) is 8.10. The first-order valence-corrected chi connectivity index (χ1v) is 9.81. The summed E-state index contributed by atoms with van der Waals surface area (Å²) in [6, 6.07) is 7.48. The Bertz CT molecular complexity index is 615. The van der Waals surface area contributed by atoms with E-state index in [1.807, 2.05) is 24.3 Å². The van der Waals surface area contributed by atoms with Gasteiger partial charge in [-0.05, 0) is 49.8 Å². The van der Waals surface area contributed by atoms with Crippen molar-refractivity contribution in [1.29, 1.82) is 0 Å². The van der Waals surface area contributed by atoms with Gasteiger partial charge in [0.05, 0.1) is 20.3 Å². The monoisotopic (exact) mass is 376 g/mol. The zero-order chi connectivity index (χ0) is 19.8. The summed E-state index contributed by atoms with van der Waals surface area (Å²) in [6.07, 6.45) is 2.55. The molecular formula is C21H32N2O4. The van der Waals surface area contributed by atoms with Gasteiger partial charge in [-0.15, -0.1) is 0 Å². The number of likely N-dealkylation sites (tertiary alicyclic amines) is 1. The summed E-state index contributed by atoms with van der Waals surface area (Å²) in [7, 11) is 1.64. The molecule has 2 rings (SSSR count). The lowest BCUT2D eigenvalue weighted by Gasteiger charge is -2.34. The molecule has 1 aromatic carbocycles. The van der Waals surface area contributed by atoms with Gasteiger partial charge >= 0.3 is 5.97 Å². The highest BCUT2D eigenvalue weighted by molar-refractivity contribution is 5.85. The number of nitrogens with zero attached hydrogens (tertiary/aromatic N) is 1. The van der Waals surface area contributed by atoms with Gasteiger partial charge in [0.25, 0.3) is 0 Å². The van der Waals surface area contributed by atoms with Gasteiger partial charge in [0.15, 0.2) is 0 Å². The fourth-order valence-corrected chi connectivity index (χ4v) is 3.56. The number of amides is 1. The lowest BCUT2D eigenvalue weighted by Crippen LogP contribution is -2.51. The summed E-state index contributed by atoms with van der Waals surface area (Å²) in [4.78, 5) is 26.7. The third-order valence-electron chi connectivity index (χ3n) is 5.00. The number of nitrogens with one attached hydrogen (secondary N) is 1. The largest absolute Gasteiger partial charge is 0.497 e. The van der Waals surface area contributed by atoms with Crippen LogP contribution in [0, 0.1) is 5.92 Å². The maximum Gasteiger partial charge on any atom is 0.328 e. The van der Waals surface area contributed by atoms with E-state index in [1.165, 1.54) is 0 Å². The Hall–Kier alpha value is -2.08. The molecule has 0 bridgehead atoms. The average molecular weight is 376 g/mol. The second-order valence-corrected chi connectivity index (χ2v) is 7.23. The van der Waals surface area contributed by atoms with Crippen molar-refractivity contribution in [2.45, 2.75) is 52.1 Å². The first kappa shape index (κ1) is 21.2. The zero-order valence-corrected chi connectivity index (χ0v) is 16.9. The highest BCUT2D eigenvalue weighted by Crippen LogP contribution is 2.24. The van der Waals surface area contributed by atoms with Gasteiger partial charge in [0, 0.05) is 12.6 Å². The van der Waals surface area contributed by atoms with Crippen molar-refractivity contribution in [2.24, 2.45) is 5.92 Å². The number of esters is 1. The van der Waals surface area contributed by atoms with Crippen molar-refractivity contribution in [3.8, 4) is 5.75 Å². The normalized spacial score (nSPS) is 18.3. The molecule has 1 heterocycles. The van der Waals surface area contributed by atoms with Crippen molar-refractivity contribution >= 4 is 11.9 Å². The van der Waals surface area contributed by atoms with Crippen molar-refractivity contribution in [1.82, 2.24) is 10.2 Å². The van der Waals surface area contributed by atoms with Crippen LogP contribution in [-0.4, -0.2) is 49.6 Å². The van der Waals surface area contributed by atoms with E-state index in [0.717, 1.165) is 24.2 Å². The minimum absolute atomic E-state index is 0.0469. The van der Waals surface area contributed by atoms with E-state index < -0.39 is 6.04 Å². The van der Waals surface area contributed by atoms with E-state index in [1.54, 1.807) is 18.9 Å². The van der Waals surface area contributed by atoms with E-state index in [2.05, 4.69) is 19.2 Å². The maximum atomic E-state index is 12.8. The van der Waals surface area contributed by atoms with Crippen LogP contribution in [0.5, 0.6) is 5.75 Å². The van der Waals surface area contributed by atoms with E-state index in [4.69, 9.17) is 9.47 Å². The minimum atomic E-state index is -0.452. The Morgan fingerprint density at radius 2 is 1.93 bits per heavy atom. The molecule has 1 aromatic rings. The van der Waals surface area contributed by atoms with Gasteiger partial charge in [-0.25, -0.2) is 4.79 Å². The summed E-state index contributed by atoms with van der Waals surface area (Å²) in [6.45, 7) is 7.17. The summed E-state index contributed by atoms with van der Waals surface area (Å²) < 4.78 is 10.4. The Morgan fingerprint density at radius 3 is 2.52 bits per heavy atom. The molecule has 0 radical (unpaired) electrons. The van der Waals surface area contributed by atoms with Gasteiger partial charge in [-0.3, -0.25) is 4.79 Å². The standard InChI is InChI=1S/C21H32N2O4/c1-5-27-21(25)18-8-6-7-13-23(18)19(24)14-22-20(15(2)3)16-9-11-17(26-4)12-10-16/h9-12,15,18,20,22H,5-8,13-14H2,1-4H3. The molecule has 0 saturated carbocycles. The molecule has 1 aliphatic rings. The van der Waals surface area contributed by atoms with Crippen LogP contribution in [-0.2, 0) is 14.3 Å². The third kappa shape index (κ3) is 5.70. The van der Waals surface area contributed by atoms with Crippen LogP contribution >= 0.6 is 0 Å². The van der Waals surface area contributed by atoms with E-state index in [9.17, 15) is 9.59 Å². The summed E-state index contributed by atoms with van der Waals surface area (Å²) >= 11 is 0. The number of carbonyl (C=O) groups is 2. The molecule has 6 nitrogen and oxygen atoms in total. The lowest BCUT2D eigenvalue weighted by molar-refractivity contribution is -0.156. The molecule has 0 aliphatic carbocycles. The fraction of sp³-hybridized carbons (Fsp3) is 0.619. The highest BCUT2D eigenvalue weighted by Gasteiger charge is 2.33. The highest BCUT2D eigenvalue weighted by atomic mass is 16.5. The van der Waals surface area contributed by atoms with Crippen LogP contribution in [0.25, 0.3) is 0 Å². The SMILES string of the molecule is CCOC(=O)C1CCCCN1C(=O)CNC(c1ccc(OC)cc1)C(C)C. The predicted molar refractivity (Wildman–Crippen MR) is 105 cm³/mol. The average Bonchev–Trinajstić information content (AvgIpc) is 2.68. The van der Waals surface area contributed by atoms with Crippen molar-refractivity contribution in [2.75, 3.05) is 26.8 Å². The molecule has 1 N–H and O–H groups in total. The number of benzene rings is 1. The van der Waals surface area contributed by atoms with Crippen LogP contribution in [0.1, 0.15) is 51.6 Å². The van der Waals surface area contributed by atoms with Crippen LogP contribution < -0.4 is 10.1 Å². The summed E-state index contributed by atoms with van der Waals surface area (Å²) in [5.74, 6) is 0.782. The molecular weight excluding hydrogens is 344 g/mol. The number of hydrogen-bond acceptors (Lipinski definition) is 5. The molecule has 0 aromatic heterocycles. The molecule has 1 amide bonds. The zero-order valence-electron chi connectivity index (χ0n) is 16.9. The summed E-state index contributed by atoms with van der Waals surface area (Å²) in [5.41, 5.74) is 1.11. The van der Waals surface area contributed by atoms with Gasteiger partial charge in [0.1, 0.15) is 11.8 Å². The second-order valence-electron chi connectivity index (χ2n) is 7.23. The first-order valence-electron chi connectivity index (χ1n) is 9.81. The van der Waals surface area contributed by atoms with Gasteiger partial charge in [0.2, 0.25) is 5.91 Å². The van der Waals surface area contributed by atoms with E-state index in [-0.39, 0.29) is 24.5 Å². The Labute approximate surface area is 162 Å². The number of ether oxygens (including phenoxy) is 2. The number of hydrogen-bond donors (Lipinski definition) is 1. The Balaban J connectivity index is 2.02. The molecule has 0 spiro atoms. The van der Waals surface area contributed by atoms with Gasteiger partial charge in [-0.2, -0.15) is 0 Å². The molecule has 1 saturated heterocycles. The first-order chi connectivity index (χ1) is 13.0. The molecule has 27 heavy (non-hydrogen) atoms.